The summed E-state index contributed by atoms with van der Waals surface area (Å²) < 4.78 is 9.85. The summed E-state index contributed by atoms with van der Waals surface area (Å²) in [6.07, 6.45) is -1.67. The van der Waals surface area contributed by atoms with Gasteiger partial charge in [-0.25, -0.2) is 9.59 Å². The molecule has 0 saturated carbocycles. The average Bonchev–Trinajstić information content (AvgIpc) is 2.43. The van der Waals surface area contributed by atoms with Crippen LogP contribution in [0.1, 0.15) is 13.8 Å². The van der Waals surface area contributed by atoms with Crippen LogP contribution in [0.2, 0.25) is 0 Å². The predicted molar refractivity (Wildman–Crippen MR) is 77.0 cm³/mol. The Hall–Kier alpha value is -2.78. The topological polar surface area (TPSA) is 118 Å². The molecule has 0 radical (unpaired) electrons. The van der Waals surface area contributed by atoms with Gasteiger partial charge in [0.1, 0.15) is 5.82 Å². The van der Waals surface area contributed by atoms with Crippen LogP contribution in [-0.2, 0) is 9.47 Å². The number of carbonyl (C=O) groups is 2. The van der Waals surface area contributed by atoms with E-state index in [2.05, 4.69) is 20.0 Å². The fourth-order valence-electron chi connectivity index (χ4n) is 1.37. The Kier molecular flexibility index (Phi) is 6.17. The van der Waals surface area contributed by atoms with E-state index >= 15 is 0 Å². The molecule has 0 unspecified atom stereocenters. The number of nitrogens with zero attached hydrogens (tertiary/aromatic N) is 4. The minimum Gasteiger partial charge on any atom is -0.450 e. The molecule has 10 heteroatoms. The van der Waals surface area contributed by atoms with Crippen LogP contribution in [-0.4, -0.2) is 54.4 Å². The first kappa shape index (κ1) is 17.3. The number of carbonyl (C=O) groups excluding carboxylic acids is 2. The maximum Gasteiger partial charge on any atom is 0.437 e. The molecule has 2 amide bonds. The van der Waals surface area contributed by atoms with Crippen LogP contribution < -0.4 is 15.8 Å². The Morgan fingerprint density at radius 1 is 1.36 bits per heavy atom. The van der Waals surface area contributed by atoms with Crippen molar-refractivity contribution in [3.8, 4) is 0 Å². The van der Waals surface area contributed by atoms with E-state index in [1.54, 1.807) is 32.8 Å². The van der Waals surface area contributed by atoms with Crippen molar-refractivity contribution < 1.29 is 24.3 Å². The molecule has 1 aromatic heterocycles. The van der Waals surface area contributed by atoms with Crippen molar-refractivity contribution in [3.63, 3.8) is 0 Å². The van der Waals surface area contributed by atoms with Crippen LogP contribution >= 0.6 is 0 Å². The molecule has 0 saturated heterocycles. The fourth-order valence-corrected chi connectivity index (χ4v) is 1.37. The van der Waals surface area contributed by atoms with E-state index in [-0.39, 0.29) is 24.6 Å². The largest absolute Gasteiger partial charge is 0.450 e. The van der Waals surface area contributed by atoms with Gasteiger partial charge >= 0.3 is 12.2 Å². The summed E-state index contributed by atoms with van der Waals surface area (Å²) in [5, 5.41) is 12.3. The smallest absolute Gasteiger partial charge is 0.437 e. The molecule has 0 bridgehead atoms. The van der Waals surface area contributed by atoms with Crippen LogP contribution in [0.15, 0.2) is 11.1 Å². The van der Waals surface area contributed by atoms with Gasteiger partial charge in [-0.15, -0.1) is 9.72 Å². The first-order valence-electron chi connectivity index (χ1n) is 6.55. The highest BCUT2D eigenvalue weighted by molar-refractivity contribution is 5.83. The number of hydrogen-bond acceptors (Lipinski definition) is 7. The van der Waals surface area contributed by atoms with Crippen LogP contribution in [0.5, 0.6) is 0 Å². The highest BCUT2D eigenvalue weighted by Gasteiger charge is 2.12. The van der Waals surface area contributed by atoms with Crippen molar-refractivity contribution in [2.24, 2.45) is 4.99 Å². The first-order chi connectivity index (χ1) is 10.4. The lowest BCUT2D eigenvalue weighted by Gasteiger charge is -2.15. The second-order valence-electron chi connectivity index (χ2n) is 4.16. The highest BCUT2D eigenvalue weighted by Crippen LogP contribution is 2.11. The number of nitrogens with one attached hydrogen (secondary N) is 1. The number of rotatable bonds is 4. The first-order valence-corrected chi connectivity index (χ1v) is 6.55. The van der Waals surface area contributed by atoms with Crippen molar-refractivity contribution in [2.75, 3.05) is 37.5 Å². The van der Waals surface area contributed by atoms with E-state index in [0.717, 1.165) is 0 Å². The molecule has 0 aliphatic heterocycles. The number of amides is 2. The van der Waals surface area contributed by atoms with Crippen molar-refractivity contribution in [2.45, 2.75) is 13.8 Å². The SMILES string of the molecule is CCOC(=O)N=c1nc(N(C)C)cc(NC(=O)OCC)n1O. The summed E-state index contributed by atoms with van der Waals surface area (Å²) in [5.74, 6) is 0.306. The summed E-state index contributed by atoms with van der Waals surface area (Å²) in [6, 6.07) is 1.39. The van der Waals surface area contributed by atoms with Gasteiger partial charge in [-0.05, 0) is 13.8 Å². The van der Waals surface area contributed by atoms with Gasteiger partial charge in [-0.3, -0.25) is 5.32 Å². The van der Waals surface area contributed by atoms with Crippen molar-refractivity contribution in [1.29, 1.82) is 0 Å². The normalized spacial score (nSPS) is 11.0. The second-order valence-corrected chi connectivity index (χ2v) is 4.16. The second kappa shape index (κ2) is 7.86. The Morgan fingerprint density at radius 2 is 2.00 bits per heavy atom. The Morgan fingerprint density at radius 3 is 2.55 bits per heavy atom. The summed E-state index contributed by atoms with van der Waals surface area (Å²) >= 11 is 0. The zero-order valence-corrected chi connectivity index (χ0v) is 12.9. The average molecular weight is 313 g/mol. The molecule has 0 aromatic carbocycles. The van der Waals surface area contributed by atoms with E-state index in [1.807, 2.05) is 0 Å². The molecule has 0 aliphatic carbocycles. The molecule has 0 spiro atoms. The van der Waals surface area contributed by atoms with Gasteiger partial charge in [0.25, 0.3) is 5.62 Å². The lowest BCUT2D eigenvalue weighted by molar-refractivity contribution is 0.151. The van der Waals surface area contributed by atoms with Gasteiger partial charge < -0.3 is 19.6 Å². The molecule has 1 heterocycles. The minimum absolute atomic E-state index is 0.0554. The Bertz CT molecular complexity index is 610. The van der Waals surface area contributed by atoms with Crippen LogP contribution in [0.4, 0.5) is 21.2 Å². The van der Waals surface area contributed by atoms with E-state index in [1.165, 1.54) is 6.07 Å². The summed E-state index contributed by atoms with van der Waals surface area (Å²) in [4.78, 5) is 32.0. The van der Waals surface area contributed by atoms with Gasteiger partial charge in [0.2, 0.25) is 0 Å². The summed E-state index contributed by atoms with van der Waals surface area (Å²) in [5.41, 5.74) is -0.337. The Labute approximate surface area is 127 Å². The monoisotopic (exact) mass is 313 g/mol. The fraction of sp³-hybridized carbons (Fsp3) is 0.500. The van der Waals surface area contributed by atoms with E-state index in [9.17, 15) is 14.8 Å². The maximum atomic E-state index is 11.5. The van der Waals surface area contributed by atoms with E-state index in [0.29, 0.717) is 10.5 Å². The molecule has 2 N–H and O–H groups in total. The Balaban J connectivity index is 3.29. The minimum atomic E-state index is -0.907. The molecule has 1 rings (SSSR count). The molecule has 0 fully saturated rings. The molecule has 22 heavy (non-hydrogen) atoms. The molecule has 0 aliphatic rings. The van der Waals surface area contributed by atoms with Gasteiger partial charge in [0.05, 0.1) is 13.2 Å². The van der Waals surface area contributed by atoms with E-state index < -0.39 is 12.2 Å². The third-order valence-corrected chi connectivity index (χ3v) is 2.32. The number of hydrogen-bond donors (Lipinski definition) is 2. The van der Waals surface area contributed by atoms with Gasteiger partial charge in [0.15, 0.2) is 5.82 Å². The van der Waals surface area contributed by atoms with Crippen molar-refractivity contribution >= 4 is 23.8 Å². The standard InChI is InChI=1S/C12H19N5O5/c1-5-21-11(18)14-9-7-8(16(3)4)13-10(17(9)20)15-12(19)22-6-2/h7,20H,5-6H2,1-4H3,(H,14,18). The zero-order valence-electron chi connectivity index (χ0n) is 12.9. The van der Waals surface area contributed by atoms with Gasteiger partial charge in [-0.1, -0.05) is 0 Å². The van der Waals surface area contributed by atoms with Gasteiger partial charge in [0, 0.05) is 20.2 Å². The number of aromatic nitrogens is 2. The summed E-state index contributed by atoms with van der Waals surface area (Å²) in [6.45, 7) is 3.57. The number of ether oxygens (including phenoxy) is 2. The van der Waals surface area contributed by atoms with Crippen LogP contribution in [0.25, 0.3) is 0 Å². The predicted octanol–water partition coefficient (Wildman–Crippen LogP) is 0.812. The number of anilines is 2. The quantitative estimate of drug-likeness (QED) is 0.790. The lowest BCUT2D eigenvalue weighted by Crippen LogP contribution is -2.30. The lowest BCUT2D eigenvalue weighted by atomic mass is 10.5. The molecular weight excluding hydrogens is 294 g/mol. The van der Waals surface area contributed by atoms with E-state index in [4.69, 9.17) is 4.74 Å². The molecule has 1 aromatic rings. The highest BCUT2D eigenvalue weighted by atomic mass is 16.6. The summed E-state index contributed by atoms with van der Waals surface area (Å²) in [7, 11) is 3.40. The zero-order chi connectivity index (χ0) is 16.7. The van der Waals surface area contributed by atoms with Crippen LogP contribution in [0, 0.1) is 0 Å². The van der Waals surface area contributed by atoms with Crippen molar-refractivity contribution in [3.05, 3.63) is 11.7 Å². The molecular formula is C12H19N5O5. The molecule has 0 atom stereocenters. The van der Waals surface area contributed by atoms with Crippen molar-refractivity contribution in [1.82, 2.24) is 9.71 Å². The molecule has 10 nitrogen and oxygen atoms in total. The van der Waals surface area contributed by atoms with Gasteiger partial charge in [-0.2, -0.15) is 4.98 Å². The maximum absolute atomic E-state index is 11.5. The molecule has 122 valence electrons. The third kappa shape index (κ3) is 4.65. The van der Waals surface area contributed by atoms with Crippen LogP contribution in [0.3, 0.4) is 0 Å². The third-order valence-electron chi connectivity index (χ3n) is 2.32.